The van der Waals surface area contributed by atoms with Gasteiger partial charge in [0.1, 0.15) is 11.4 Å². The molecule has 0 fully saturated rings. The first kappa shape index (κ1) is 15.0. The van der Waals surface area contributed by atoms with Gasteiger partial charge in [0.2, 0.25) is 0 Å². The molecule has 0 heterocycles. The third-order valence-electron chi connectivity index (χ3n) is 3.86. The highest BCUT2D eigenvalue weighted by molar-refractivity contribution is 6.02. The fourth-order valence-corrected chi connectivity index (χ4v) is 2.72. The van der Waals surface area contributed by atoms with E-state index in [1.54, 1.807) is 12.1 Å². The van der Waals surface area contributed by atoms with Crippen LogP contribution in [0, 0.1) is 20.8 Å². The number of phenolic OH excluding ortho intramolecular Hbond substituents is 1. The summed E-state index contributed by atoms with van der Waals surface area (Å²) in [5.41, 5.74) is 11.0. The van der Waals surface area contributed by atoms with E-state index in [4.69, 9.17) is 5.73 Å². The van der Waals surface area contributed by atoms with Crippen LogP contribution in [-0.4, -0.2) is 5.11 Å². The highest BCUT2D eigenvalue weighted by Crippen LogP contribution is 2.39. The van der Waals surface area contributed by atoms with Gasteiger partial charge in [0.25, 0.3) is 0 Å². The highest BCUT2D eigenvalue weighted by atomic mass is 16.3. The molecule has 116 valence electrons. The predicted octanol–water partition coefficient (Wildman–Crippen LogP) is 5.47. The van der Waals surface area contributed by atoms with Crippen LogP contribution in [0.1, 0.15) is 16.7 Å². The van der Waals surface area contributed by atoms with E-state index in [2.05, 4.69) is 16.3 Å². The van der Waals surface area contributed by atoms with Crippen LogP contribution in [0.2, 0.25) is 0 Å². The lowest BCUT2D eigenvalue weighted by molar-refractivity contribution is 0.481. The number of phenols is 1. The Kier molecular flexibility index (Phi) is 3.74. The van der Waals surface area contributed by atoms with Gasteiger partial charge in [-0.1, -0.05) is 29.8 Å². The zero-order chi connectivity index (χ0) is 16.6. The third-order valence-corrected chi connectivity index (χ3v) is 3.86. The van der Waals surface area contributed by atoms with E-state index >= 15 is 0 Å². The number of hydrogen-bond donors (Lipinski definition) is 2. The van der Waals surface area contributed by atoms with E-state index in [1.807, 2.05) is 45.0 Å². The van der Waals surface area contributed by atoms with Gasteiger partial charge >= 0.3 is 0 Å². The second-order valence-electron chi connectivity index (χ2n) is 5.88. The van der Waals surface area contributed by atoms with Gasteiger partial charge in [-0.3, -0.25) is 0 Å². The van der Waals surface area contributed by atoms with Crippen molar-refractivity contribution in [1.29, 1.82) is 0 Å². The lowest BCUT2D eigenvalue weighted by Gasteiger charge is -2.08. The van der Waals surface area contributed by atoms with Crippen LogP contribution in [0.3, 0.4) is 0 Å². The second kappa shape index (κ2) is 5.72. The second-order valence-corrected chi connectivity index (χ2v) is 5.88. The largest absolute Gasteiger partial charge is 0.507 e. The van der Waals surface area contributed by atoms with E-state index in [0.717, 1.165) is 22.2 Å². The number of nitrogens with two attached hydrogens (primary N) is 1. The summed E-state index contributed by atoms with van der Waals surface area (Å²) in [6, 6.07) is 13.4. The molecule has 0 aliphatic carbocycles. The molecule has 0 aliphatic rings. The lowest BCUT2D eigenvalue weighted by Crippen LogP contribution is -1.87. The summed E-state index contributed by atoms with van der Waals surface area (Å²) in [7, 11) is 0. The average molecular weight is 305 g/mol. The fourth-order valence-electron chi connectivity index (χ4n) is 2.72. The minimum absolute atomic E-state index is 0.168. The van der Waals surface area contributed by atoms with Crippen LogP contribution in [0.15, 0.2) is 52.7 Å². The molecule has 0 bridgehead atoms. The molecule has 0 unspecified atom stereocenters. The minimum atomic E-state index is 0.168. The van der Waals surface area contributed by atoms with Crippen molar-refractivity contribution in [3.05, 3.63) is 59.2 Å². The number of hydrogen-bond acceptors (Lipinski definition) is 4. The molecule has 0 radical (unpaired) electrons. The number of benzene rings is 3. The molecule has 0 aromatic heterocycles. The molecule has 0 saturated carbocycles. The van der Waals surface area contributed by atoms with Crippen LogP contribution >= 0.6 is 0 Å². The number of nitrogen functional groups attached to an aromatic ring is 1. The highest BCUT2D eigenvalue weighted by Gasteiger charge is 2.10. The molecule has 3 aromatic rings. The molecular weight excluding hydrogens is 286 g/mol. The zero-order valence-corrected chi connectivity index (χ0v) is 13.5. The summed E-state index contributed by atoms with van der Waals surface area (Å²) >= 11 is 0. The summed E-state index contributed by atoms with van der Waals surface area (Å²) in [5, 5.41) is 20.5. The van der Waals surface area contributed by atoms with Crippen molar-refractivity contribution in [3.63, 3.8) is 0 Å². The number of nitrogens with zero attached hydrogens (tertiary/aromatic N) is 2. The smallest absolute Gasteiger partial charge is 0.125 e. The predicted molar refractivity (Wildman–Crippen MR) is 94.9 cm³/mol. The maximum absolute atomic E-state index is 10.3. The van der Waals surface area contributed by atoms with Crippen LogP contribution in [0.25, 0.3) is 10.8 Å². The first-order chi connectivity index (χ1) is 11.0. The Morgan fingerprint density at radius 3 is 2.39 bits per heavy atom. The number of aryl methyl sites for hydroxylation is 3. The Bertz CT molecular complexity index is 930. The van der Waals surface area contributed by atoms with Crippen molar-refractivity contribution in [2.75, 3.05) is 5.73 Å². The van der Waals surface area contributed by atoms with Gasteiger partial charge in [0.05, 0.1) is 16.8 Å². The van der Waals surface area contributed by atoms with Crippen molar-refractivity contribution in [3.8, 4) is 5.75 Å². The minimum Gasteiger partial charge on any atom is -0.507 e. The Morgan fingerprint density at radius 1 is 0.870 bits per heavy atom. The van der Waals surface area contributed by atoms with Gasteiger partial charge in [-0.2, -0.15) is 5.11 Å². The number of fused-ring (bicyclic) bond motifs is 1. The average Bonchev–Trinajstić information content (AvgIpc) is 2.48. The molecule has 0 atom stereocenters. The number of anilines is 1. The molecule has 0 amide bonds. The Labute approximate surface area is 135 Å². The van der Waals surface area contributed by atoms with Crippen molar-refractivity contribution in [2.45, 2.75) is 20.8 Å². The third kappa shape index (κ3) is 2.88. The first-order valence-corrected chi connectivity index (χ1v) is 7.46. The molecule has 0 saturated heterocycles. The fraction of sp³-hybridized carbons (Fsp3) is 0.158. The standard InChI is InChI=1S/C19H19N3O/c1-11-4-7-16(13(3)8-11)21-22-19-15(20)6-5-14-9-12(2)10-17(23)18(14)19/h4-10,23H,20H2,1-3H3. The van der Waals surface area contributed by atoms with Gasteiger partial charge in [0, 0.05) is 0 Å². The summed E-state index contributed by atoms with van der Waals surface area (Å²) < 4.78 is 0. The molecule has 0 aliphatic heterocycles. The first-order valence-electron chi connectivity index (χ1n) is 7.46. The van der Waals surface area contributed by atoms with Crippen molar-refractivity contribution >= 4 is 27.8 Å². The van der Waals surface area contributed by atoms with Gasteiger partial charge in [-0.15, -0.1) is 5.11 Å². The topological polar surface area (TPSA) is 71.0 Å². The van der Waals surface area contributed by atoms with Gasteiger partial charge in [-0.05, 0) is 55.5 Å². The summed E-state index contributed by atoms with van der Waals surface area (Å²) in [6.45, 7) is 5.97. The van der Waals surface area contributed by atoms with E-state index in [9.17, 15) is 5.11 Å². The molecule has 0 spiro atoms. The van der Waals surface area contributed by atoms with E-state index in [-0.39, 0.29) is 5.75 Å². The normalized spacial score (nSPS) is 11.4. The molecule has 4 heteroatoms. The molecule has 23 heavy (non-hydrogen) atoms. The molecule has 3 N–H and O–H groups in total. The van der Waals surface area contributed by atoms with Crippen molar-refractivity contribution < 1.29 is 5.11 Å². The lowest BCUT2D eigenvalue weighted by atomic mass is 10.0. The summed E-state index contributed by atoms with van der Waals surface area (Å²) in [5.74, 6) is 0.168. The molecule has 3 rings (SSSR count). The summed E-state index contributed by atoms with van der Waals surface area (Å²) in [6.07, 6.45) is 0. The number of aromatic hydroxyl groups is 1. The molecule has 4 nitrogen and oxygen atoms in total. The van der Waals surface area contributed by atoms with Crippen LogP contribution in [0.5, 0.6) is 5.75 Å². The van der Waals surface area contributed by atoms with Crippen LogP contribution in [0.4, 0.5) is 17.1 Å². The Balaban J connectivity index is 2.16. The Morgan fingerprint density at radius 2 is 1.65 bits per heavy atom. The van der Waals surface area contributed by atoms with Crippen molar-refractivity contribution in [2.24, 2.45) is 10.2 Å². The monoisotopic (exact) mass is 305 g/mol. The van der Waals surface area contributed by atoms with Crippen LogP contribution in [-0.2, 0) is 0 Å². The number of azo groups is 1. The summed E-state index contributed by atoms with van der Waals surface area (Å²) in [4.78, 5) is 0. The SMILES string of the molecule is Cc1ccc(N=Nc2c(N)ccc3cc(C)cc(O)c23)c(C)c1. The van der Waals surface area contributed by atoms with E-state index in [1.165, 1.54) is 5.56 Å². The molecular formula is C19H19N3O. The van der Waals surface area contributed by atoms with E-state index in [0.29, 0.717) is 16.8 Å². The van der Waals surface area contributed by atoms with Crippen LogP contribution < -0.4 is 5.73 Å². The van der Waals surface area contributed by atoms with Gasteiger partial charge in [0.15, 0.2) is 0 Å². The van der Waals surface area contributed by atoms with E-state index < -0.39 is 0 Å². The maximum Gasteiger partial charge on any atom is 0.125 e. The molecule has 3 aromatic carbocycles. The Hall–Kier alpha value is -2.88. The van der Waals surface area contributed by atoms with Gasteiger partial charge < -0.3 is 10.8 Å². The van der Waals surface area contributed by atoms with Gasteiger partial charge in [-0.25, -0.2) is 0 Å². The maximum atomic E-state index is 10.3. The van der Waals surface area contributed by atoms with Crippen molar-refractivity contribution in [1.82, 2.24) is 0 Å². The number of rotatable bonds is 2. The quantitative estimate of drug-likeness (QED) is 0.487. The zero-order valence-electron chi connectivity index (χ0n) is 13.5.